The van der Waals surface area contributed by atoms with Gasteiger partial charge in [0.2, 0.25) is 0 Å². The lowest BCUT2D eigenvalue weighted by Crippen LogP contribution is -1.98. The molecule has 0 saturated carbocycles. The van der Waals surface area contributed by atoms with Gasteiger partial charge in [-0.05, 0) is 22.8 Å². The monoisotopic (exact) mass is 372 g/mol. The lowest BCUT2D eigenvalue weighted by atomic mass is 10.0. The molecule has 0 aliphatic rings. The summed E-state index contributed by atoms with van der Waals surface area (Å²) in [5.41, 5.74) is 7.03. The van der Waals surface area contributed by atoms with Gasteiger partial charge < -0.3 is 0 Å². The minimum Gasteiger partial charge on any atom is -0.299 e. The normalized spacial score (nSPS) is 10.8. The van der Waals surface area contributed by atoms with Crippen LogP contribution in [0.15, 0.2) is 122 Å². The Morgan fingerprint density at radius 3 is 1.76 bits per heavy atom. The highest BCUT2D eigenvalue weighted by Gasteiger charge is 2.12. The largest absolute Gasteiger partial charge is 0.299 e. The Bertz CT molecular complexity index is 1220. The van der Waals surface area contributed by atoms with Crippen molar-refractivity contribution in [2.75, 3.05) is 0 Å². The van der Waals surface area contributed by atoms with Gasteiger partial charge in [0.25, 0.3) is 0 Å². The van der Waals surface area contributed by atoms with Crippen molar-refractivity contribution in [3.05, 3.63) is 122 Å². The molecular formula is C27H20N2. The smallest absolute Gasteiger partial charge is 0.144 e. The molecule has 0 saturated heterocycles. The van der Waals surface area contributed by atoms with E-state index in [9.17, 15) is 0 Å². The Morgan fingerprint density at radius 1 is 0.483 bits per heavy atom. The minimum absolute atomic E-state index is 0.938. The van der Waals surface area contributed by atoms with E-state index in [1.165, 1.54) is 22.3 Å². The third-order valence-corrected chi connectivity index (χ3v) is 5.14. The van der Waals surface area contributed by atoms with Crippen LogP contribution in [-0.4, -0.2) is 9.55 Å². The highest BCUT2D eigenvalue weighted by molar-refractivity contribution is 5.75. The Balaban J connectivity index is 1.57. The van der Waals surface area contributed by atoms with Crippen molar-refractivity contribution in [3.8, 4) is 39.3 Å². The summed E-state index contributed by atoms with van der Waals surface area (Å²) in [7, 11) is 0. The van der Waals surface area contributed by atoms with Gasteiger partial charge in [0.1, 0.15) is 5.82 Å². The molecule has 4 aromatic carbocycles. The van der Waals surface area contributed by atoms with Crippen LogP contribution < -0.4 is 0 Å². The van der Waals surface area contributed by atoms with E-state index in [2.05, 4.69) is 107 Å². The van der Waals surface area contributed by atoms with Crippen molar-refractivity contribution >= 4 is 0 Å². The Kier molecular flexibility index (Phi) is 4.51. The molecule has 0 fully saturated rings. The molecule has 0 atom stereocenters. The van der Waals surface area contributed by atoms with Crippen LogP contribution in [0.5, 0.6) is 0 Å². The van der Waals surface area contributed by atoms with Crippen LogP contribution >= 0.6 is 0 Å². The summed E-state index contributed by atoms with van der Waals surface area (Å²) < 4.78 is 2.17. The number of benzene rings is 4. The average molecular weight is 372 g/mol. The molecule has 0 N–H and O–H groups in total. The van der Waals surface area contributed by atoms with Crippen molar-refractivity contribution in [2.45, 2.75) is 0 Å². The molecular weight excluding hydrogens is 352 g/mol. The van der Waals surface area contributed by atoms with E-state index in [1.54, 1.807) is 0 Å². The number of nitrogens with zero attached hydrogens (tertiary/aromatic N) is 2. The van der Waals surface area contributed by atoms with Crippen molar-refractivity contribution < 1.29 is 0 Å². The first kappa shape index (κ1) is 17.2. The molecule has 138 valence electrons. The van der Waals surface area contributed by atoms with E-state index >= 15 is 0 Å². The Morgan fingerprint density at radius 2 is 1.03 bits per heavy atom. The molecule has 5 aromatic rings. The zero-order valence-corrected chi connectivity index (χ0v) is 15.9. The second kappa shape index (κ2) is 7.61. The van der Waals surface area contributed by atoms with Crippen LogP contribution in [0.4, 0.5) is 0 Å². The lowest BCUT2D eigenvalue weighted by molar-refractivity contribution is 1.07. The molecule has 0 amide bonds. The van der Waals surface area contributed by atoms with Gasteiger partial charge in [0.15, 0.2) is 0 Å². The predicted octanol–water partition coefficient (Wildman–Crippen LogP) is 6.87. The highest BCUT2D eigenvalue weighted by atomic mass is 15.1. The zero-order chi connectivity index (χ0) is 19.5. The summed E-state index contributed by atoms with van der Waals surface area (Å²) >= 11 is 0. The summed E-state index contributed by atoms with van der Waals surface area (Å²) in [6, 6.07) is 38.0. The maximum Gasteiger partial charge on any atom is 0.144 e. The molecule has 1 heterocycles. The van der Waals surface area contributed by atoms with Gasteiger partial charge in [-0.15, -0.1) is 0 Å². The first-order chi connectivity index (χ1) is 14.4. The molecule has 0 bridgehead atoms. The maximum absolute atomic E-state index is 4.66. The number of para-hydroxylation sites is 1. The van der Waals surface area contributed by atoms with E-state index < -0.39 is 0 Å². The van der Waals surface area contributed by atoms with Crippen LogP contribution in [0.25, 0.3) is 39.3 Å². The molecule has 0 spiro atoms. The molecule has 2 heteroatoms. The van der Waals surface area contributed by atoms with Gasteiger partial charge in [-0.25, -0.2) is 4.98 Å². The van der Waals surface area contributed by atoms with Crippen LogP contribution in [-0.2, 0) is 0 Å². The molecule has 2 nitrogen and oxygen atoms in total. The first-order valence-corrected chi connectivity index (χ1v) is 9.74. The Hall–Kier alpha value is -3.91. The number of hydrogen-bond acceptors (Lipinski definition) is 1. The first-order valence-electron chi connectivity index (χ1n) is 9.74. The van der Waals surface area contributed by atoms with Gasteiger partial charge in [0, 0.05) is 23.5 Å². The predicted molar refractivity (Wildman–Crippen MR) is 120 cm³/mol. The SMILES string of the molecule is c1ccc(-c2ccc(-c3nccn3-c3ccccc3-c3ccccc3)cc2)cc1. The molecule has 0 aliphatic carbocycles. The average Bonchev–Trinajstić information content (AvgIpc) is 3.30. The fourth-order valence-electron chi connectivity index (χ4n) is 3.70. The van der Waals surface area contributed by atoms with Crippen molar-refractivity contribution in [2.24, 2.45) is 0 Å². The minimum atomic E-state index is 0.938. The van der Waals surface area contributed by atoms with E-state index in [0.29, 0.717) is 0 Å². The van der Waals surface area contributed by atoms with Gasteiger partial charge in [-0.3, -0.25) is 4.57 Å². The third kappa shape index (κ3) is 3.37. The summed E-state index contributed by atoms with van der Waals surface area (Å²) in [6.07, 6.45) is 3.89. The highest BCUT2D eigenvalue weighted by Crippen LogP contribution is 2.31. The summed E-state index contributed by atoms with van der Waals surface area (Å²) in [4.78, 5) is 4.66. The number of rotatable bonds is 4. The summed E-state index contributed by atoms with van der Waals surface area (Å²) in [6.45, 7) is 0. The molecule has 0 aliphatic heterocycles. The zero-order valence-electron chi connectivity index (χ0n) is 15.9. The Labute approximate surface area is 170 Å². The third-order valence-electron chi connectivity index (χ3n) is 5.14. The molecule has 5 rings (SSSR count). The summed E-state index contributed by atoms with van der Waals surface area (Å²) in [5, 5.41) is 0. The second-order valence-corrected chi connectivity index (χ2v) is 6.95. The standard InChI is InChI=1S/C27H20N2/c1-3-9-21(10-4-1)22-15-17-24(18-16-22)27-28-19-20-29(27)26-14-8-7-13-25(26)23-11-5-2-6-12-23/h1-20H. The van der Waals surface area contributed by atoms with E-state index in [0.717, 1.165) is 17.1 Å². The van der Waals surface area contributed by atoms with Gasteiger partial charge >= 0.3 is 0 Å². The maximum atomic E-state index is 4.66. The van der Waals surface area contributed by atoms with Gasteiger partial charge in [-0.2, -0.15) is 0 Å². The molecule has 29 heavy (non-hydrogen) atoms. The molecule has 0 unspecified atom stereocenters. The molecule has 1 aromatic heterocycles. The van der Waals surface area contributed by atoms with E-state index in [1.807, 2.05) is 24.5 Å². The summed E-state index contributed by atoms with van der Waals surface area (Å²) in [5.74, 6) is 0.938. The number of aromatic nitrogens is 2. The van der Waals surface area contributed by atoms with E-state index in [-0.39, 0.29) is 0 Å². The quantitative estimate of drug-likeness (QED) is 0.336. The van der Waals surface area contributed by atoms with Crippen molar-refractivity contribution in [3.63, 3.8) is 0 Å². The van der Waals surface area contributed by atoms with Crippen LogP contribution in [0, 0.1) is 0 Å². The van der Waals surface area contributed by atoms with Crippen LogP contribution in [0.1, 0.15) is 0 Å². The van der Waals surface area contributed by atoms with Crippen LogP contribution in [0.2, 0.25) is 0 Å². The topological polar surface area (TPSA) is 17.8 Å². The number of imidazole rings is 1. The molecule has 0 radical (unpaired) electrons. The number of hydrogen-bond donors (Lipinski definition) is 0. The van der Waals surface area contributed by atoms with Gasteiger partial charge in [-0.1, -0.05) is 103 Å². The lowest BCUT2D eigenvalue weighted by Gasteiger charge is -2.14. The fraction of sp³-hybridized carbons (Fsp3) is 0. The van der Waals surface area contributed by atoms with Crippen molar-refractivity contribution in [1.82, 2.24) is 9.55 Å². The second-order valence-electron chi connectivity index (χ2n) is 6.95. The fourth-order valence-corrected chi connectivity index (χ4v) is 3.70. The van der Waals surface area contributed by atoms with Crippen LogP contribution in [0.3, 0.4) is 0 Å². The van der Waals surface area contributed by atoms with Crippen molar-refractivity contribution in [1.29, 1.82) is 0 Å². The van der Waals surface area contributed by atoms with Gasteiger partial charge in [0.05, 0.1) is 5.69 Å². The van der Waals surface area contributed by atoms with E-state index in [4.69, 9.17) is 0 Å².